The molecule has 0 spiro atoms. The molecular formula is C24H23N3O3. The van der Waals surface area contributed by atoms with Gasteiger partial charge in [0.1, 0.15) is 11.6 Å². The van der Waals surface area contributed by atoms with Gasteiger partial charge >= 0.3 is 0 Å². The van der Waals surface area contributed by atoms with Gasteiger partial charge in [-0.3, -0.25) is 4.79 Å². The van der Waals surface area contributed by atoms with Gasteiger partial charge in [-0.25, -0.2) is 4.98 Å². The summed E-state index contributed by atoms with van der Waals surface area (Å²) in [5.41, 5.74) is 2.53. The van der Waals surface area contributed by atoms with E-state index < -0.39 is 6.04 Å². The molecule has 2 heterocycles. The summed E-state index contributed by atoms with van der Waals surface area (Å²) in [5.74, 6) is 1.48. The van der Waals surface area contributed by atoms with Crippen LogP contribution in [0.1, 0.15) is 22.4 Å². The van der Waals surface area contributed by atoms with Crippen molar-refractivity contribution in [2.45, 2.75) is 6.04 Å². The predicted molar refractivity (Wildman–Crippen MR) is 116 cm³/mol. The first-order valence-electron chi connectivity index (χ1n) is 9.61. The van der Waals surface area contributed by atoms with Crippen LogP contribution in [0.5, 0.6) is 5.75 Å². The Hall–Kier alpha value is -3.80. The summed E-state index contributed by atoms with van der Waals surface area (Å²) >= 11 is 0. The lowest BCUT2D eigenvalue weighted by Crippen LogP contribution is -2.33. The molecule has 0 saturated heterocycles. The number of benzene rings is 2. The van der Waals surface area contributed by atoms with Crippen molar-refractivity contribution < 1.29 is 13.9 Å². The zero-order valence-electron chi connectivity index (χ0n) is 17.1. The maximum atomic E-state index is 13.8. The average Bonchev–Trinajstić information content (AvgIpc) is 3.44. The van der Waals surface area contributed by atoms with Gasteiger partial charge in [0.15, 0.2) is 11.8 Å². The van der Waals surface area contributed by atoms with Gasteiger partial charge in [-0.15, -0.1) is 0 Å². The molecule has 0 aliphatic carbocycles. The lowest BCUT2D eigenvalue weighted by atomic mass is 10.00. The monoisotopic (exact) mass is 401 g/mol. The number of rotatable bonds is 7. The summed E-state index contributed by atoms with van der Waals surface area (Å²) in [6.45, 7) is 0. The highest BCUT2D eigenvalue weighted by Crippen LogP contribution is 2.33. The van der Waals surface area contributed by atoms with Crippen LogP contribution in [-0.4, -0.2) is 29.5 Å². The van der Waals surface area contributed by atoms with E-state index in [0.29, 0.717) is 17.3 Å². The number of carbonyl (C=O) groups is 1. The molecule has 4 aromatic rings. The molecule has 2 aromatic carbocycles. The Balaban J connectivity index is 1.79. The summed E-state index contributed by atoms with van der Waals surface area (Å²) in [7, 11) is 5.37. The zero-order chi connectivity index (χ0) is 21.1. The van der Waals surface area contributed by atoms with Crippen LogP contribution in [0, 0.1) is 0 Å². The summed E-state index contributed by atoms with van der Waals surface area (Å²) < 4.78 is 12.9. The molecule has 0 fully saturated rings. The molecule has 0 N–H and O–H groups in total. The Labute approximate surface area is 175 Å². The molecule has 0 aliphatic heterocycles. The number of ketones is 1. The van der Waals surface area contributed by atoms with E-state index in [1.807, 2.05) is 90.4 Å². The van der Waals surface area contributed by atoms with Crippen molar-refractivity contribution in [1.29, 1.82) is 0 Å². The quantitative estimate of drug-likeness (QED) is 0.418. The van der Waals surface area contributed by atoms with E-state index in [2.05, 4.69) is 4.98 Å². The van der Waals surface area contributed by atoms with Crippen LogP contribution >= 0.6 is 0 Å². The number of likely N-dealkylation sites (N-methyl/N-ethyl adjacent to an activating group) is 1. The Bertz CT molecular complexity index is 1150. The number of hydrogen-bond donors (Lipinski definition) is 0. The lowest BCUT2D eigenvalue weighted by molar-refractivity contribution is 0.0928. The summed E-state index contributed by atoms with van der Waals surface area (Å²) in [6.07, 6.45) is 5.07. The minimum absolute atomic E-state index is 0.168. The Morgan fingerprint density at radius 2 is 1.93 bits per heavy atom. The van der Waals surface area contributed by atoms with Crippen LogP contribution in [0.25, 0.3) is 11.1 Å². The summed E-state index contributed by atoms with van der Waals surface area (Å²) in [4.78, 5) is 20.2. The number of carbonyl (C=O) groups excluding carboxylic acids is 1. The minimum Gasteiger partial charge on any atom is -0.497 e. The van der Waals surface area contributed by atoms with Crippen molar-refractivity contribution in [2.24, 2.45) is 7.05 Å². The van der Waals surface area contributed by atoms with E-state index in [4.69, 9.17) is 9.15 Å². The van der Waals surface area contributed by atoms with Gasteiger partial charge in [0.25, 0.3) is 0 Å². The molecule has 6 heteroatoms. The van der Waals surface area contributed by atoms with Gasteiger partial charge in [-0.2, -0.15) is 0 Å². The van der Waals surface area contributed by atoms with Gasteiger partial charge in [0, 0.05) is 43.8 Å². The third-order valence-electron chi connectivity index (χ3n) is 5.17. The fourth-order valence-corrected chi connectivity index (χ4v) is 3.56. The van der Waals surface area contributed by atoms with E-state index in [-0.39, 0.29) is 5.78 Å². The molecule has 0 aliphatic rings. The second kappa shape index (κ2) is 8.29. The van der Waals surface area contributed by atoms with E-state index in [0.717, 1.165) is 16.8 Å². The predicted octanol–water partition coefficient (Wildman–Crippen LogP) is 4.75. The molecule has 4 rings (SSSR count). The van der Waals surface area contributed by atoms with Crippen LogP contribution in [0.4, 0.5) is 5.69 Å². The largest absolute Gasteiger partial charge is 0.497 e. The van der Waals surface area contributed by atoms with E-state index in [1.165, 1.54) is 0 Å². The molecule has 0 saturated carbocycles. The number of methoxy groups -OCH3 is 1. The third-order valence-corrected chi connectivity index (χ3v) is 5.17. The van der Waals surface area contributed by atoms with Crippen LogP contribution in [-0.2, 0) is 7.05 Å². The number of ether oxygens (including phenoxy) is 1. The van der Waals surface area contributed by atoms with Crippen LogP contribution in [0.3, 0.4) is 0 Å². The lowest BCUT2D eigenvalue weighted by Gasteiger charge is -2.28. The summed E-state index contributed by atoms with van der Waals surface area (Å²) in [6, 6.07) is 18.5. The molecule has 0 radical (unpaired) electrons. The molecule has 1 unspecified atom stereocenters. The highest BCUT2D eigenvalue weighted by Gasteiger charge is 2.33. The van der Waals surface area contributed by atoms with Crippen molar-refractivity contribution in [3.8, 4) is 16.9 Å². The van der Waals surface area contributed by atoms with Crippen LogP contribution in [0.15, 0.2) is 83.7 Å². The fraction of sp³-hybridized carbons (Fsp3) is 0.167. The molecular weight excluding hydrogens is 378 g/mol. The Morgan fingerprint density at radius 1 is 1.13 bits per heavy atom. The van der Waals surface area contributed by atoms with Gasteiger partial charge < -0.3 is 18.6 Å². The maximum Gasteiger partial charge on any atom is 0.228 e. The standard InChI is InChI=1S/C24H23N3O3/c1-26-14-13-25-24(26)21(27(2)18-10-7-11-19(16-18)29-3)22(28)23-20(12-15-30-23)17-8-5-4-6-9-17/h4-16,21H,1-3H3. The SMILES string of the molecule is COc1cccc(N(C)C(C(=O)c2occc2-c2ccccc2)c2nccn2C)c1. The van der Waals surface area contributed by atoms with Crippen LogP contribution < -0.4 is 9.64 Å². The molecule has 0 amide bonds. The second-order valence-electron chi connectivity index (χ2n) is 7.00. The number of nitrogens with zero attached hydrogens (tertiary/aromatic N) is 3. The summed E-state index contributed by atoms with van der Waals surface area (Å²) in [5, 5.41) is 0. The number of anilines is 1. The normalized spacial score (nSPS) is 11.8. The average molecular weight is 401 g/mol. The van der Waals surface area contributed by atoms with Crippen LogP contribution in [0.2, 0.25) is 0 Å². The number of Topliss-reactive ketones (excluding diaryl/α,β-unsaturated/α-hetero) is 1. The van der Waals surface area contributed by atoms with E-state index in [1.54, 1.807) is 19.6 Å². The number of aromatic nitrogens is 2. The van der Waals surface area contributed by atoms with Gasteiger partial charge in [0.2, 0.25) is 5.78 Å². The molecule has 6 nitrogen and oxygen atoms in total. The topological polar surface area (TPSA) is 60.5 Å². The van der Waals surface area contributed by atoms with Crippen molar-refractivity contribution in [3.05, 3.63) is 90.9 Å². The van der Waals surface area contributed by atoms with Crippen molar-refractivity contribution in [1.82, 2.24) is 9.55 Å². The van der Waals surface area contributed by atoms with Gasteiger partial charge in [0.05, 0.1) is 13.4 Å². The highest BCUT2D eigenvalue weighted by atomic mass is 16.5. The van der Waals surface area contributed by atoms with E-state index >= 15 is 0 Å². The Morgan fingerprint density at radius 3 is 2.63 bits per heavy atom. The fourth-order valence-electron chi connectivity index (χ4n) is 3.56. The number of hydrogen-bond acceptors (Lipinski definition) is 5. The second-order valence-corrected chi connectivity index (χ2v) is 7.00. The zero-order valence-corrected chi connectivity index (χ0v) is 17.1. The number of furan rings is 1. The maximum absolute atomic E-state index is 13.8. The molecule has 30 heavy (non-hydrogen) atoms. The molecule has 0 bridgehead atoms. The molecule has 2 aromatic heterocycles. The smallest absolute Gasteiger partial charge is 0.228 e. The number of aryl methyl sites for hydroxylation is 1. The Kier molecular flexibility index (Phi) is 5.39. The first kappa shape index (κ1) is 19.5. The number of imidazole rings is 1. The van der Waals surface area contributed by atoms with E-state index in [9.17, 15) is 4.79 Å². The van der Waals surface area contributed by atoms with Crippen molar-refractivity contribution in [3.63, 3.8) is 0 Å². The molecule has 152 valence electrons. The van der Waals surface area contributed by atoms with Crippen molar-refractivity contribution >= 4 is 11.5 Å². The van der Waals surface area contributed by atoms with Crippen molar-refractivity contribution in [2.75, 3.05) is 19.1 Å². The molecule has 1 atom stereocenters. The highest BCUT2D eigenvalue weighted by molar-refractivity contribution is 6.04. The van der Waals surface area contributed by atoms with Gasteiger partial charge in [-0.05, 0) is 23.8 Å². The minimum atomic E-state index is -0.675. The third kappa shape index (κ3) is 3.59. The first-order valence-corrected chi connectivity index (χ1v) is 9.61. The van der Waals surface area contributed by atoms with Gasteiger partial charge in [-0.1, -0.05) is 36.4 Å². The first-order chi connectivity index (χ1) is 14.6.